The van der Waals surface area contributed by atoms with E-state index in [-0.39, 0.29) is 19.0 Å². The molecular formula is C16H15Cl2N3O. The third kappa shape index (κ3) is 3.30. The first-order valence-electron chi connectivity index (χ1n) is 6.55. The Morgan fingerprint density at radius 3 is 2.23 bits per heavy atom. The summed E-state index contributed by atoms with van der Waals surface area (Å²) in [6, 6.07) is 16.7. The maximum Gasteiger partial charge on any atom is 0.137 e. The van der Waals surface area contributed by atoms with Crippen LogP contribution in [0.4, 0.5) is 0 Å². The second-order valence-electron chi connectivity index (χ2n) is 4.83. The zero-order valence-corrected chi connectivity index (χ0v) is 13.2. The lowest BCUT2D eigenvalue weighted by Crippen LogP contribution is -2.33. The molecular weight excluding hydrogens is 321 g/mol. The number of rotatable bonds is 4. The smallest absolute Gasteiger partial charge is 0.137 e. The van der Waals surface area contributed by atoms with Crippen LogP contribution >= 0.6 is 24.0 Å². The van der Waals surface area contributed by atoms with Crippen LogP contribution in [0.1, 0.15) is 11.1 Å². The Balaban J connectivity index is 0.00000176. The van der Waals surface area contributed by atoms with Gasteiger partial charge in [0, 0.05) is 5.02 Å². The number of hydrogen-bond donors (Lipinski definition) is 1. The zero-order valence-electron chi connectivity index (χ0n) is 11.6. The molecule has 0 saturated heterocycles. The molecule has 3 aromatic rings. The summed E-state index contributed by atoms with van der Waals surface area (Å²) in [5.41, 5.74) is 0.357. The molecule has 0 saturated carbocycles. The molecule has 0 fully saturated rings. The van der Waals surface area contributed by atoms with Crippen LogP contribution in [0.3, 0.4) is 0 Å². The summed E-state index contributed by atoms with van der Waals surface area (Å²) in [5, 5.41) is 16.0. The second-order valence-corrected chi connectivity index (χ2v) is 5.26. The predicted molar refractivity (Wildman–Crippen MR) is 88.2 cm³/mol. The van der Waals surface area contributed by atoms with Crippen LogP contribution in [0.2, 0.25) is 5.02 Å². The lowest BCUT2D eigenvalue weighted by molar-refractivity contribution is 0.0572. The minimum absolute atomic E-state index is 0. The molecule has 0 radical (unpaired) electrons. The third-order valence-electron chi connectivity index (χ3n) is 3.43. The van der Waals surface area contributed by atoms with Crippen molar-refractivity contribution in [2.45, 2.75) is 12.1 Å². The van der Waals surface area contributed by atoms with E-state index in [9.17, 15) is 5.11 Å². The van der Waals surface area contributed by atoms with Crippen LogP contribution in [0, 0.1) is 0 Å². The Morgan fingerprint density at radius 2 is 1.64 bits per heavy atom. The standard InChI is InChI=1S/C16H14ClN3O.ClH/c17-15-8-6-14(7-9-15)16(21,10-20-12-18-11-19-20)13-4-2-1-3-5-13;/h1-9,11-12,21H,10H2;1H. The van der Waals surface area contributed by atoms with Crippen molar-refractivity contribution in [3.8, 4) is 0 Å². The number of benzene rings is 2. The summed E-state index contributed by atoms with van der Waals surface area (Å²) in [6.07, 6.45) is 3.04. The number of aromatic nitrogens is 3. The van der Waals surface area contributed by atoms with E-state index in [1.54, 1.807) is 23.1 Å². The molecule has 1 unspecified atom stereocenters. The van der Waals surface area contributed by atoms with Crippen LogP contribution in [-0.4, -0.2) is 19.9 Å². The van der Waals surface area contributed by atoms with Crippen LogP contribution in [-0.2, 0) is 12.1 Å². The first-order chi connectivity index (χ1) is 10.2. The van der Waals surface area contributed by atoms with E-state index in [2.05, 4.69) is 10.1 Å². The van der Waals surface area contributed by atoms with Crippen LogP contribution in [0.5, 0.6) is 0 Å². The van der Waals surface area contributed by atoms with Gasteiger partial charge in [-0.2, -0.15) is 5.10 Å². The largest absolute Gasteiger partial charge is 0.378 e. The highest BCUT2D eigenvalue weighted by atomic mass is 35.5. The third-order valence-corrected chi connectivity index (χ3v) is 3.68. The molecule has 0 spiro atoms. The minimum Gasteiger partial charge on any atom is -0.378 e. The van der Waals surface area contributed by atoms with Crippen molar-refractivity contribution >= 4 is 24.0 Å². The summed E-state index contributed by atoms with van der Waals surface area (Å²) in [6.45, 7) is 0.276. The van der Waals surface area contributed by atoms with Gasteiger partial charge in [0.25, 0.3) is 0 Å². The lowest BCUT2D eigenvalue weighted by atomic mass is 9.86. The number of hydrogen-bond acceptors (Lipinski definition) is 3. The molecule has 1 heterocycles. The van der Waals surface area contributed by atoms with Gasteiger partial charge in [-0.3, -0.25) is 0 Å². The SMILES string of the molecule is Cl.OC(Cn1cncn1)(c1ccccc1)c1ccc(Cl)cc1. The predicted octanol–water partition coefficient (Wildman–Crippen LogP) is 3.29. The van der Waals surface area contributed by atoms with E-state index in [1.165, 1.54) is 6.33 Å². The maximum atomic E-state index is 11.3. The fraction of sp³-hybridized carbons (Fsp3) is 0.125. The molecule has 6 heteroatoms. The van der Waals surface area contributed by atoms with Gasteiger partial charge in [-0.05, 0) is 23.3 Å². The van der Waals surface area contributed by atoms with Crippen molar-refractivity contribution in [3.05, 3.63) is 83.4 Å². The topological polar surface area (TPSA) is 50.9 Å². The Kier molecular flexibility index (Phi) is 5.19. The van der Waals surface area contributed by atoms with E-state index in [0.29, 0.717) is 5.02 Å². The molecule has 4 nitrogen and oxygen atoms in total. The molecule has 1 N–H and O–H groups in total. The molecule has 0 aliphatic heterocycles. The van der Waals surface area contributed by atoms with Crippen molar-refractivity contribution in [1.29, 1.82) is 0 Å². The number of aliphatic hydroxyl groups is 1. The average Bonchev–Trinajstić information content (AvgIpc) is 3.01. The molecule has 114 valence electrons. The van der Waals surface area contributed by atoms with Gasteiger partial charge in [0.2, 0.25) is 0 Å². The highest BCUT2D eigenvalue weighted by Crippen LogP contribution is 2.31. The highest BCUT2D eigenvalue weighted by Gasteiger charge is 2.32. The van der Waals surface area contributed by atoms with E-state index >= 15 is 0 Å². The molecule has 22 heavy (non-hydrogen) atoms. The van der Waals surface area contributed by atoms with Gasteiger partial charge >= 0.3 is 0 Å². The zero-order chi connectivity index (χ0) is 14.7. The van der Waals surface area contributed by atoms with E-state index in [0.717, 1.165) is 11.1 Å². The van der Waals surface area contributed by atoms with E-state index < -0.39 is 5.60 Å². The van der Waals surface area contributed by atoms with Gasteiger partial charge in [0.05, 0.1) is 6.54 Å². The Morgan fingerprint density at radius 1 is 1.00 bits per heavy atom. The van der Waals surface area contributed by atoms with Crippen LogP contribution < -0.4 is 0 Å². The first kappa shape index (κ1) is 16.5. The molecule has 0 bridgehead atoms. The summed E-state index contributed by atoms with van der Waals surface area (Å²) >= 11 is 5.94. The summed E-state index contributed by atoms with van der Waals surface area (Å²) in [4.78, 5) is 3.93. The Labute approximate surface area is 139 Å². The fourth-order valence-electron chi connectivity index (χ4n) is 2.34. The van der Waals surface area contributed by atoms with Gasteiger partial charge in [-0.1, -0.05) is 54.1 Å². The van der Waals surface area contributed by atoms with Crippen molar-refractivity contribution in [3.63, 3.8) is 0 Å². The molecule has 0 amide bonds. The molecule has 3 rings (SSSR count). The fourth-order valence-corrected chi connectivity index (χ4v) is 2.46. The van der Waals surface area contributed by atoms with Gasteiger partial charge in [0.1, 0.15) is 18.3 Å². The quantitative estimate of drug-likeness (QED) is 0.795. The van der Waals surface area contributed by atoms with Gasteiger partial charge in [0.15, 0.2) is 0 Å². The lowest BCUT2D eigenvalue weighted by Gasteiger charge is -2.29. The number of nitrogens with zero attached hydrogens (tertiary/aromatic N) is 3. The average molecular weight is 336 g/mol. The molecule has 0 aliphatic rings. The van der Waals surface area contributed by atoms with Crippen molar-refractivity contribution in [2.75, 3.05) is 0 Å². The van der Waals surface area contributed by atoms with Crippen LogP contribution in [0.15, 0.2) is 67.3 Å². The van der Waals surface area contributed by atoms with Gasteiger partial charge in [-0.15, -0.1) is 12.4 Å². The Hall–Kier alpha value is -1.88. The Bertz CT molecular complexity index is 702. The maximum absolute atomic E-state index is 11.3. The highest BCUT2D eigenvalue weighted by molar-refractivity contribution is 6.30. The minimum atomic E-state index is -1.19. The summed E-state index contributed by atoms with van der Waals surface area (Å²) in [5.74, 6) is 0. The van der Waals surface area contributed by atoms with Gasteiger partial charge < -0.3 is 5.11 Å². The van der Waals surface area contributed by atoms with Crippen molar-refractivity contribution in [1.82, 2.24) is 14.8 Å². The summed E-state index contributed by atoms with van der Waals surface area (Å²) in [7, 11) is 0. The molecule has 1 atom stereocenters. The molecule has 2 aromatic carbocycles. The first-order valence-corrected chi connectivity index (χ1v) is 6.93. The van der Waals surface area contributed by atoms with E-state index in [4.69, 9.17) is 11.6 Å². The van der Waals surface area contributed by atoms with Crippen LogP contribution in [0.25, 0.3) is 0 Å². The normalized spacial score (nSPS) is 13.2. The molecule has 0 aliphatic carbocycles. The van der Waals surface area contributed by atoms with Crippen molar-refractivity contribution < 1.29 is 5.11 Å². The van der Waals surface area contributed by atoms with E-state index in [1.807, 2.05) is 42.5 Å². The second kappa shape index (κ2) is 6.92. The van der Waals surface area contributed by atoms with Gasteiger partial charge in [-0.25, -0.2) is 9.67 Å². The molecule has 1 aromatic heterocycles. The van der Waals surface area contributed by atoms with Crippen molar-refractivity contribution in [2.24, 2.45) is 0 Å². The monoisotopic (exact) mass is 335 g/mol. The summed E-state index contributed by atoms with van der Waals surface area (Å²) < 4.78 is 1.61. The number of halogens is 2.